The summed E-state index contributed by atoms with van der Waals surface area (Å²) in [7, 11) is 0. The topological polar surface area (TPSA) is 54.3 Å². The molecule has 6 heteroatoms. The molecule has 28 heavy (non-hydrogen) atoms. The van der Waals surface area contributed by atoms with Crippen molar-refractivity contribution in [3.05, 3.63) is 60.7 Å². The Kier molecular flexibility index (Phi) is 5.57. The number of pyridine rings is 1. The number of nitrogens with zero attached hydrogens (tertiary/aromatic N) is 5. The third kappa shape index (κ3) is 4.33. The van der Waals surface area contributed by atoms with E-state index in [0.29, 0.717) is 13.0 Å². The quantitative estimate of drug-likeness (QED) is 0.724. The van der Waals surface area contributed by atoms with Crippen LogP contribution in [0, 0.1) is 5.41 Å². The SMILES string of the molecule is C=CCn1cc(CN2CCC3(CCC(=O)N(Cc4cccnc4)C3)CC2)cn1. The van der Waals surface area contributed by atoms with E-state index in [2.05, 4.69) is 38.7 Å². The van der Waals surface area contributed by atoms with E-state index in [1.807, 2.05) is 29.2 Å². The predicted molar refractivity (Wildman–Crippen MR) is 108 cm³/mol. The number of hydrogen-bond acceptors (Lipinski definition) is 4. The Labute approximate surface area is 166 Å². The fourth-order valence-electron chi connectivity index (χ4n) is 4.53. The van der Waals surface area contributed by atoms with Gasteiger partial charge in [0.2, 0.25) is 5.91 Å². The Morgan fingerprint density at radius 2 is 2.00 bits per heavy atom. The molecule has 2 aromatic rings. The molecule has 0 N–H and O–H groups in total. The van der Waals surface area contributed by atoms with E-state index in [1.54, 1.807) is 6.20 Å². The normalized spacial score (nSPS) is 19.9. The molecular formula is C22H29N5O. The first-order chi connectivity index (χ1) is 13.7. The molecule has 0 aliphatic carbocycles. The van der Waals surface area contributed by atoms with Gasteiger partial charge in [-0.15, -0.1) is 6.58 Å². The van der Waals surface area contributed by atoms with Crippen LogP contribution in [0.4, 0.5) is 0 Å². The Morgan fingerprint density at radius 1 is 1.14 bits per heavy atom. The zero-order chi connectivity index (χ0) is 19.4. The van der Waals surface area contributed by atoms with Gasteiger partial charge in [-0.1, -0.05) is 12.1 Å². The van der Waals surface area contributed by atoms with Crippen LogP contribution in [0.2, 0.25) is 0 Å². The van der Waals surface area contributed by atoms with Crippen molar-refractivity contribution >= 4 is 5.91 Å². The van der Waals surface area contributed by atoms with E-state index in [-0.39, 0.29) is 11.3 Å². The molecule has 0 saturated carbocycles. The lowest BCUT2D eigenvalue weighted by Gasteiger charge is -2.47. The first kappa shape index (κ1) is 18.9. The zero-order valence-electron chi connectivity index (χ0n) is 16.5. The van der Waals surface area contributed by atoms with Crippen LogP contribution in [0.15, 0.2) is 49.6 Å². The molecule has 0 aromatic carbocycles. The third-order valence-corrected chi connectivity index (χ3v) is 6.17. The second-order valence-electron chi connectivity index (χ2n) is 8.25. The second kappa shape index (κ2) is 8.27. The van der Waals surface area contributed by atoms with Crippen LogP contribution in [0.5, 0.6) is 0 Å². The average molecular weight is 380 g/mol. The number of amides is 1. The van der Waals surface area contributed by atoms with Gasteiger partial charge in [0.05, 0.1) is 12.7 Å². The summed E-state index contributed by atoms with van der Waals surface area (Å²) in [6.45, 7) is 9.20. The Balaban J connectivity index is 1.33. The molecule has 4 heterocycles. The summed E-state index contributed by atoms with van der Waals surface area (Å²) in [6, 6.07) is 3.99. The Morgan fingerprint density at radius 3 is 2.75 bits per heavy atom. The molecule has 148 valence electrons. The number of carbonyl (C=O) groups excluding carboxylic acids is 1. The van der Waals surface area contributed by atoms with Gasteiger partial charge in [0.1, 0.15) is 0 Å². The highest BCUT2D eigenvalue weighted by Gasteiger charge is 2.40. The number of likely N-dealkylation sites (tertiary alicyclic amines) is 2. The Hall–Kier alpha value is -2.47. The molecule has 1 amide bonds. The minimum absolute atomic E-state index is 0.277. The van der Waals surface area contributed by atoms with E-state index in [9.17, 15) is 4.79 Å². The van der Waals surface area contributed by atoms with Gasteiger partial charge in [-0.05, 0) is 49.4 Å². The van der Waals surface area contributed by atoms with Crippen LogP contribution in [-0.4, -0.2) is 50.1 Å². The summed E-state index contributed by atoms with van der Waals surface area (Å²) in [4.78, 5) is 21.2. The van der Waals surface area contributed by atoms with E-state index in [0.717, 1.165) is 57.5 Å². The first-order valence-corrected chi connectivity index (χ1v) is 10.2. The minimum Gasteiger partial charge on any atom is -0.338 e. The molecule has 2 fully saturated rings. The summed E-state index contributed by atoms with van der Waals surface area (Å²) in [5.74, 6) is 0.284. The maximum Gasteiger partial charge on any atom is 0.222 e. The molecule has 2 aliphatic heterocycles. The van der Waals surface area contributed by atoms with Gasteiger partial charge in [0.15, 0.2) is 0 Å². The van der Waals surface area contributed by atoms with Crippen molar-refractivity contribution in [3.8, 4) is 0 Å². The number of aromatic nitrogens is 3. The molecule has 0 bridgehead atoms. The number of hydrogen-bond donors (Lipinski definition) is 0. The van der Waals surface area contributed by atoms with Crippen molar-refractivity contribution in [2.75, 3.05) is 19.6 Å². The minimum atomic E-state index is 0.277. The molecule has 2 saturated heterocycles. The smallest absolute Gasteiger partial charge is 0.222 e. The molecule has 0 radical (unpaired) electrons. The van der Waals surface area contributed by atoms with Gasteiger partial charge in [-0.3, -0.25) is 19.4 Å². The van der Waals surface area contributed by atoms with Gasteiger partial charge < -0.3 is 4.90 Å². The summed E-state index contributed by atoms with van der Waals surface area (Å²) in [6.07, 6.45) is 13.6. The standard InChI is InChI=1S/C22H29N5O/c1-2-10-27-17-20(14-24-27)15-25-11-7-22(8-12-25)6-5-21(28)26(18-22)16-19-4-3-9-23-13-19/h2-4,9,13-14,17H,1,5-8,10-12,15-16,18H2. The van der Waals surface area contributed by atoms with Crippen LogP contribution < -0.4 is 0 Å². The molecule has 2 aromatic heterocycles. The highest BCUT2D eigenvalue weighted by Crippen LogP contribution is 2.40. The zero-order valence-corrected chi connectivity index (χ0v) is 16.5. The number of rotatable bonds is 6. The average Bonchev–Trinajstić information content (AvgIpc) is 3.15. The molecule has 1 spiro atoms. The summed E-state index contributed by atoms with van der Waals surface area (Å²) < 4.78 is 1.93. The first-order valence-electron chi connectivity index (χ1n) is 10.2. The number of piperidine rings is 2. The Bertz CT molecular complexity index is 807. The van der Waals surface area contributed by atoms with Crippen molar-refractivity contribution < 1.29 is 4.79 Å². The van der Waals surface area contributed by atoms with Gasteiger partial charge in [-0.25, -0.2) is 0 Å². The summed E-state index contributed by atoms with van der Waals surface area (Å²) in [5.41, 5.74) is 2.65. The molecule has 2 aliphatic rings. The monoisotopic (exact) mass is 379 g/mol. The van der Waals surface area contributed by atoms with Crippen LogP contribution in [-0.2, 0) is 24.4 Å². The lowest BCUT2D eigenvalue weighted by Crippen LogP contribution is -2.51. The third-order valence-electron chi connectivity index (χ3n) is 6.17. The van der Waals surface area contributed by atoms with Crippen molar-refractivity contribution in [2.45, 2.75) is 45.3 Å². The highest BCUT2D eigenvalue weighted by atomic mass is 16.2. The van der Waals surface area contributed by atoms with Gasteiger partial charge in [0, 0.05) is 50.2 Å². The van der Waals surface area contributed by atoms with Crippen LogP contribution >= 0.6 is 0 Å². The second-order valence-corrected chi connectivity index (χ2v) is 8.25. The maximum atomic E-state index is 12.5. The maximum absolute atomic E-state index is 12.5. The van der Waals surface area contributed by atoms with Crippen LogP contribution in [0.25, 0.3) is 0 Å². The lowest BCUT2D eigenvalue weighted by molar-refractivity contribution is -0.140. The predicted octanol–water partition coefficient (Wildman–Crippen LogP) is 2.87. The lowest BCUT2D eigenvalue weighted by atomic mass is 9.72. The van der Waals surface area contributed by atoms with Crippen molar-refractivity contribution in [3.63, 3.8) is 0 Å². The van der Waals surface area contributed by atoms with Crippen LogP contribution in [0.1, 0.15) is 36.8 Å². The molecule has 0 atom stereocenters. The molecule has 4 rings (SSSR count). The fraction of sp³-hybridized carbons (Fsp3) is 0.500. The van der Waals surface area contributed by atoms with Crippen molar-refractivity contribution in [1.29, 1.82) is 0 Å². The van der Waals surface area contributed by atoms with Crippen LogP contribution in [0.3, 0.4) is 0 Å². The van der Waals surface area contributed by atoms with E-state index >= 15 is 0 Å². The largest absolute Gasteiger partial charge is 0.338 e. The number of allylic oxidation sites excluding steroid dienone is 1. The van der Waals surface area contributed by atoms with E-state index in [4.69, 9.17) is 0 Å². The van der Waals surface area contributed by atoms with Gasteiger partial charge in [0.25, 0.3) is 0 Å². The summed E-state index contributed by atoms with van der Waals surface area (Å²) >= 11 is 0. The molecule has 6 nitrogen and oxygen atoms in total. The summed E-state index contributed by atoms with van der Waals surface area (Å²) in [5, 5.41) is 4.38. The van der Waals surface area contributed by atoms with Crippen molar-refractivity contribution in [2.24, 2.45) is 5.41 Å². The molecule has 0 unspecified atom stereocenters. The van der Waals surface area contributed by atoms with E-state index in [1.165, 1.54) is 5.56 Å². The highest BCUT2D eigenvalue weighted by molar-refractivity contribution is 5.77. The van der Waals surface area contributed by atoms with E-state index < -0.39 is 0 Å². The number of carbonyl (C=O) groups is 1. The van der Waals surface area contributed by atoms with Gasteiger partial charge in [-0.2, -0.15) is 5.10 Å². The fourth-order valence-corrected chi connectivity index (χ4v) is 4.53. The molecular weight excluding hydrogens is 350 g/mol. The van der Waals surface area contributed by atoms with Crippen molar-refractivity contribution in [1.82, 2.24) is 24.6 Å². The van der Waals surface area contributed by atoms with Gasteiger partial charge >= 0.3 is 0 Å².